The zero-order chi connectivity index (χ0) is 11.5. The summed E-state index contributed by atoms with van der Waals surface area (Å²) in [6, 6.07) is 1.75. The van der Waals surface area contributed by atoms with Crippen LogP contribution in [-0.2, 0) is 11.2 Å². The normalized spacial score (nSPS) is 15.4. The number of carbonyl (C=O) groups is 2. The van der Waals surface area contributed by atoms with Gasteiger partial charge in [-0.3, -0.25) is 4.79 Å². The molecule has 0 amide bonds. The van der Waals surface area contributed by atoms with Gasteiger partial charge in [0.15, 0.2) is 5.78 Å². The molecule has 4 nitrogen and oxygen atoms in total. The van der Waals surface area contributed by atoms with Gasteiger partial charge in [-0.1, -0.05) is 0 Å². The van der Waals surface area contributed by atoms with E-state index in [9.17, 15) is 9.59 Å². The smallest absolute Gasteiger partial charge is 0.354 e. The second-order valence-corrected chi connectivity index (χ2v) is 3.93. The average Bonchev–Trinajstić information content (AvgIpc) is 2.62. The first-order valence-corrected chi connectivity index (χ1v) is 5.64. The van der Waals surface area contributed by atoms with E-state index in [1.54, 1.807) is 13.0 Å². The summed E-state index contributed by atoms with van der Waals surface area (Å²) in [5, 5.41) is 0. The van der Waals surface area contributed by atoms with Crippen molar-refractivity contribution >= 4 is 11.8 Å². The molecule has 0 spiro atoms. The molecule has 0 atom stereocenters. The van der Waals surface area contributed by atoms with E-state index in [1.165, 1.54) is 0 Å². The van der Waals surface area contributed by atoms with Crippen LogP contribution in [0.3, 0.4) is 0 Å². The molecule has 1 heterocycles. The van der Waals surface area contributed by atoms with Gasteiger partial charge in [0.05, 0.1) is 12.3 Å². The number of esters is 1. The molecule has 1 N–H and O–H groups in total. The van der Waals surface area contributed by atoms with Crippen LogP contribution in [0.15, 0.2) is 6.07 Å². The number of aromatic nitrogens is 1. The van der Waals surface area contributed by atoms with Gasteiger partial charge >= 0.3 is 5.97 Å². The number of nitrogens with one attached hydrogen (secondary N) is 1. The topological polar surface area (TPSA) is 59.2 Å². The first-order chi connectivity index (χ1) is 7.72. The van der Waals surface area contributed by atoms with Gasteiger partial charge in [-0.15, -0.1) is 0 Å². The van der Waals surface area contributed by atoms with Crippen molar-refractivity contribution in [1.29, 1.82) is 0 Å². The van der Waals surface area contributed by atoms with E-state index in [4.69, 9.17) is 4.74 Å². The Labute approximate surface area is 94.0 Å². The van der Waals surface area contributed by atoms with Gasteiger partial charge in [0.1, 0.15) is 5.69 Å². The fourth-order valence-electron chi connectivity index (χ4n) is 1.99. The molecule has 4 heteroatoms. The van der Waals surface area contributed by atoms with Crippen LogP contribution in [-0.4, -0.2) is 23.3 Å². The number of hydrogen-bond donors (Lipinski definition) is 1. The maximum Gasteiger partial charge on any atom is 0.354 e. The number of aryl methyl sites for hydroxylation is 1. The van der Waals surface area contributed by atoms with Crippen molar-refractivity contribution in [2.75, 3.05) is 6.61 Å². The Morgan fingerprint density at radius 2 is 2.19 bits per heavy atom. The van der Waals surface area contributed by atoms with E-state index < -0.39 is 0 Å². The van der Waals surface area contributed by atoms with Crippen molar-refractivity contribution in [3.05, 3.63) is 23.0 Å². The van der Waals surface area contributed by atoms with Crippen molar-refractivity contribution < 1.29 is 14.3 Å². The molecule has 1 aliphatic rings. The molecule has 0 bridgehead atoms. The molecule has 0 aromatic carbocycles. The van der Waals surface area contributed by atoms with Crippen molar-refractivity contribution in [3.8, 4) is 0 Å². The highest BCUT2D eigenvalue weighted by Gasteiger charge is 2.21. The third kappa shape index (κ3) is 2.01. The zero-order valence-corrected chi connectivity index (χ0v) is 9.34. The number of H-pyrrole nitrogens is 1. The van der Waals surface area contributed by atoms with E-state index in [1.807, 2.05) is 0 Å². The van der Waals surface area contributed by atoms with Crippen molar-refractivity contribution in [2.45, 2.75) is 32.6 Å². The summed E-state index contributed by atoms with van der Waals surface area (Å²) in [6.07, 6.45) is 3.35. The van der Waals surface area contributed by atoms with Gasteiger partial charge in [-0.2, -0.15) is 0 Å². The molecule has 1 aromatic heterocycles. The monoisotopic (exact) mass is 221 g/mol. The summed E-state index contributed by atoms with van der Waals surface area (Å²) in [6.45, 7) is 2.10. The third-order valence-electron chi connectivity index (χ3n) is 2.77. The van der Waals surface area contributed by atoms with E-state index in [0.29, 0.717) is 24.4 Å². The highest BCUT2D eigenvalue weighted by Crippen LogP contribution is 2.21. The van der Waals surface area contributed by atoms with E-state index in [0.717, 1.165) is 24.8 Å². The minimum Gasteiger partial charge on any atom is -0.461 e. The molecule has 16 heavy (non-hydrogen) atoms. The van der Waals surface area contributed by atoms with Gasteiger partial charge in [-0.05, 0) is 37.8 Å². The van der Waals surface area contributed by atoms with E-state index >= 15 is 0 Å². The van der Waals surface area contributed by atoms with Crippen molar-refractivity contribution in [2.24, 2.45) is 0 Å². The molecule has 1 aromatic rings. The maximum absolute atomic E-state index is 11.7. The molecular formula is C12H15NO3. The number of hydrogen-bond acceptors (Lipinski definition) is 3. The van der Waals surface area contributed by atoms with Crippen LogP contribution in [0.4, 0.5) is 0 Å². The molecule has 86 valence electrons. The van der Waals surface area contributed by atoms with Crippen LogP contribution >= 0.6 is 0 Å². The predicted molar refractivity (Wildman–Crippen MR) is 58.6 cm³/mol. The number of fused-ring (bicyclic) bond motifs is 1. The highest BCUT2D eigenvalue weighted by molar-refractivity contribution is 5.98. The van der Waals surface area contributed by atoms with Gasteiger partial charge in [0, 0.05) is 6.42 Å². The zero-order valence-electron chi connectivity index (χ0n) is 9.34. The minimum atomic E-state index is -0.386. The van der Waals surface area contributed by atoms with Crippen molar-refractivity contribution in [1.82, 2.24) is 4.98 Å². The fourth-order valence-corrected chi connectivity index (χ4v) is 1.99. The minimum absolute atomic E-state index is 0.100. The van der Waals surface area contributed by atoms with Crippen LogP contribution < -0.4 is 0 Å². The van der Waals surface area contributed by atoms with Gasteiger partial charge in [-0.25, -0.2) is 4.79 Å². The lowest BCUT2D eigenvalue weighted by Gasteiger charge is -1.98. The number of Topliss-reactive ketones (excluding diaryl/α,β-unsaturated/α-hetero) is 1. The Morgan fingerprint density at radius 3 is 2.94 bits per heavy atom. The standard InChI is InChI=1S/C12H15NO3/c1-2-16-12(15)9-7-8-5-3-4-6-10(14)11(8)13-9/h7,13H,2-6H2,1H3. The molecule has 0 radical (unpaired) electrons. The summed E-state index contributed by atoms with van der Waals surface area (Å²) < 4.78 is 4.89. The summed E-state index contributed by atoms with van der Waals surface area (Å²) in [5.41, 5.74) is 1.94. The van der Waals surface area contributed by atoms with Crippen LogP contribution in [0.5, 0.6) is 0 Å². The molecule has 0 saturated carbocycles. The fraction of sp³-hybridized carbons (Fsp3) is 0.500. The average molecular weight is 221 g/mol. The quantitative estimate of drug-likeness (QED) is 0.614. The molecular weight excluding hydrogens is 206 g/mol. The lowest BCUT2D eigenvalue weighted by Crippen LogP contribution is -2.06. The maximum atomic E-state index is 11.7. The van der Waals surface area contributed by atoms with E-state index in [-0.39, 0.29) is 11.8 Å². The summed E-state index contributed by atoms with van der Waals surface area (Å²) >= 11 is 0. The SMILES string of the molecule is CCOC(=O)c1cc2c([nH]1)C(=O)CCCC2. The number of aromatic amines is 1. The number of rotatable bonds is 2. The molecule has 0 aliphatic heterocycles. The first-order valence-electron chi connectivity index (χ1n) is 5.64. The van der Waals surface area contributed by atoms with Gasteiger partial charge in [0.25, 0.3) is 0 Å². The Kier molecular flexibility index (Phi) is 3.08. The van der Waals surface area contributed by atoms with Gasteiger partial charge in [0.2, 0.25) is 0 Å². The summed E-state index contributed by atoms with van der Waals surface area (Å²) in [5.74, 6) is -0.286. The first kappa shape index (κ1) is 10.9. The Balaban J connectivity index is 2.29. The second-order valence-electron chi connectivity index (χ2n) is 3.93. The number of ether oxygens (including phenoxy) is 1. The van der Waals surface area contributed by atoms with Gasteiger partial charge < -0.3 is 9.72 Å². The van der Waals surface area contributed by atoms with Crippen LogP contribution in [0.2, 0.25) is 0 Å². The molecule has 0 saturated heterocycles. The highest BCUT2D eigenvalue weighted by atomic mass is 16.5. The largest absolute Gasteiger partial charge is 0.461 e. The van der Waals surface area contributed by atoms with Crippen LogP contribution in [0, 0.1) is 0 Å². The van der Waals surface area contributed by atoms with Crippen LogP contribution in [0.25, 0.3) is 0 Å². The number of carbonyl (C=O) groups excluding carboxylic acids is 2. The number of ketones is 1. The Hall–Kier alpha value is -1.58. The lowest BCUT2D eigenvalue weighted by molar-refractivity contribution is 0.0520. The molecule has 0 fully saturated rings. The second kappa shape index (κ2) is 4.51. The molecule has 2 rings (SSSR count). The third-order valence-corrected chi connectivity index (χ3v) is 2.77. The predicted octanol–water partition coefficient (Wildman–Crippen LogP) is 2.10. The van der Waals surface area contributed by atoms with Crippen molar-refractivity contribution in [3.63, 3.8) is 0 Å². The molecule has 1 aliphatic carbocycles. The van der Waals surface area contributed by atoms with E-state index in [2.05, 4.69) is 4.98 Å². The summed E-state index contributed by atoms with van der Waals surface area (Å²) in [7, 11) is 0. The van der Waals surface area contributed by atoms with Crippen LogP contribution in [0.1, 0.15) is 52.7 Å². The Bertz CT molecular complexity index is 420. The Morgan fingerprint density at radius 1 is 1.44 bits per heavy atom. The molecule has 0 unspecified atom stereocenters. The lowest BCUT2D eigenvalue weighted by atomic mass is 10.1. The summed E-state index contributed by atoms with van der Waals surface area (Å²) in [4.78, 5) is 26.1.